The molecule has 0 aromatic carbocycles. The Balaban J connectivity index is 2.33. The quantitative estimate of drug-likeness (QED) is 0.512. The van der Waals surface area contributed by atoms with Gasteiger partial charge in [-0.1, -0.05) is 0 Å². The van der Waals surface area contributed by atoms with E-state index in [1.165, 1.54) is 24.6 Å². The molecule has 0 unspecified atom stereocenters. The van der Waals surface area contributed by atoms with Gasteiger partial charge in [-0.15, -0.1) is 0 Å². The third-order valence-corrected chi connectivity index (χ3v) is 4.28. The van der Waals surface area contributed by atoms with Crippen molar-refractivity contribution >= 4 is 10.0 Å². The van der Waals surface area contributed by atoms with Gasteiger partial charge in [-0.2, -0.15) is 0 Å². The van der Waals surface area contributed by atoms with Gasteiger partial charge in [0.15, 0.2) is 0 Å². The van der Waals surface area contributed by atoms with Crippen LogP contribution in [0.1, 0.15) is 0 Å². The standard InChI is InChI=1S/C6H15NS/c1-8(2)5-3-7-4-6-8/h7H,3-6H2,1-2H3. The summed E-state index contributed by atoms with van der Waals surface area (Å²) < 4.78 is 0. The van der Waals surface area contributed by atoms with Crippen LogP contribution in [-0.4, -0.2) is 37.1 Å². The highest BCUT2D eigenvalue weighted by molar-refractivity contribution is 8.32. The smallest absolute Gasteiger partial charge is 0.00277 e. The van der Waals surface area contributed by atoms with Crippen LogP contribution in [0.25, 0.3) is 0 Å². The Morgan fingerprint density at radius 2 is 1.62 bits per heavy atom. The van der Waals surface area contributed by atoms with E-state index in [1.807, 2.05) is 0 Å². The summed E-state index contributed by atoms with van der Waals surface area (Å²) in [7, 11) is -0.145. The van der Waals surface area contributed by atoms with Crippen molar-refractivity contribution in [2.75, 3.05) is 37.1 Å². The van der Waals surface area contributed by atoms with Crippen LogP contribution in [0.2, 0.25) is 0 Å². The predicted octanol–water partition coefficient (Wildman–Crippen LogP) is 0.654. The maximum absolute atomic E-state index is 3.36. The van der Waals surface area contributed by atoms with E-state index in [0.29, 0.717) is 0 Å². The fraction of sp³-hybridized carbons (Fsp3) is 1.00. The molecule has 0 aliphatic carbocycles. The molecule has 0 bridgehead atoms. The Bertz CT molecular complexity index is 72.6. The van der Waals surface area contributed by atoms with Gasteiger partial charge in [0, 0.05) is 13.1 Å². The van der Waals surface area contributed by atoms with E-state index >= 15 is 0 Å². The maximum Gasteiger partial charge on any atom is 0.00277 e. The highest BCUT2D eigenvalue weighted by atomic mass is 32.3. The average molecular weight is 133 g/mol. The molecule has 1 heterocycles. The fourth-order valence-corrected chi connectivity index (χ4v) is 2.52. The molecule has 0 aromatic heterocycles. The molecule has 0 aromatic rings. The zero-order chi connectivity index (χ0) is 6.04. The second-order valence-corrected chi connectivity index (χ2v) is 7.28. The molecular weight excluding hydrogens is 118 g/mol. The normalized spacial score (nSPS) is 31.8. The Morgan fingerprint density at radius 3 is 1.88 bits per heavy atom. The van der Waals surface area contributed by atoms with Crippen LogP contribution in [0.3, 0.4) is 0 Å². The van der Waals surface area contributed by atoms with Gasteiger partial charge in [-0.25, -0.2) is 10.0 Å². The molecule has 1 N–H and O–H groups in total. The largest absolute Gasteiger partial charge is 0.315 e. The number of hydrogen-bond acceptors (Lipinski definition) is 1. The second-order valence-electron chi connectivity index (χ2n) is 2.93. The summed E-state index contributed by atoms with van der Waals surface area (Å²) in [6.45, 7) is 2.50. The van der Waals surface area contributed by atoms with E-state index in [9.17, 15) is 0 Å². The van der Waals surface area contributed by atoms with Crippen LogP contribution in [0, 0.1) is 0 Å². The number of hydrogen-bond donors (Lipinski definition) is 1. The minimum atomic E-state index is -0.145. The lowest BCUT2D eigenvalue weighted by molar-refractivity contribution is 0.749. The van der Waals surface area contributed by atoms with Crippen molar-refractivity contribution in [1.82, 2.24) is 5.32 Å². The summed E-state index contributed by atoms with van der Waals surface area (Å²) in [4.78, 5) is 0. The Kier molecular flexibility index (Phi) is 1.83. The molecule has 50 valence electrons. The van der Waals surface area contributed by atoms with Crippen LogP contribution < -0.4 is 5.32 Å². The lowest BCUT2D eigenvalue weighted by Crippen LogP contribution is -2.32. The SMILES string of the molecule is CS1(C)CCNCC1. The van der Waals surface area contributed by atoms with Crippen molar-refractivity contribution in [2.45, 2.75) is 0 Å². The minimum Gasteiger partial charge on any atom is -0.315 e. The Hall–Kier alpha value is 0.310. The van der Waals surface area contributed by atoms with Crippen molar-refractivity contribution in [1.29, 1.82) is 0 Å². The van der Waals surface area contributed by atoms with E-state index in [1.54, 1.807) is 0 Å². The number of rotatable bonds is 0. The summed E-state index contributed by atoms with van der Waals surface area (Å²) in [5, 5.41) is 3.36. The first-order valence-corrected chi connectivity index (χ1v) is 5.89. The lowest BCUT2D eigenvalue weighted by atomic mass is 10.6. The van der Waals surface area contributed by atoms with Gasteiger partial charge in [-0.05, 0) is 24.0 Å². The van der Waals surface area contributed by atoms with E-state index in [-0.39, 0.29) is 10.0 Å². The molecule has 0 atom stereocenters. The van der Waals surface area contributed by atoms with Crippen molar-refractivity contribution in [3.63, 3.8) is 0 Å². The molecule has 1 fully saturated rings. The number of nitrogens with one attached hydrogen (secondary N) is 1. The molecule has 0 radical (unpaired) electrons. The first-order chi connectivity index (χ1) is 3.71. The van der Waals surface area contributed by atoms with Crippen molar-refractivity contribution in [2.24, 2.45) is 0 Å². The van der Waals surface area contributed by atoms with Crippen LogP contribution in [-0.2, 0) is 0 Å². The molecule has 0 amide bonds. The highest BCUT2D eigenvalue weighted by Crippen LogP contribution is 2.39. The summed E-state index contributed by atoms with van der Waals surface area (Å²) in [5.74, 6) is 2.85. The zero-order valence-corrected chi connectivity index (χ0v) is 6.55. The topological polar surface area (TPSA) is 12.0 Å². The predicted molar refractivity (Wildman–Crippen MR) is 42.0 cm³/mol. The average Bonchev–Trinajstić information content (AvgIpc) is 1.65. The second kappa shape index (κ2) is 2.28. The van der Waals surface area contributed by atoms with Crippen LogP contribution in [0.5, 0.6) is 0 Å². The zero-order valence-electron chi connectivity index (χ0n) is 5.74. The van der Waals surface area contributed by atoms with Crippen molar-refractivity contribution < 1.29 is 0 Å². The van der Waals surface area contributed by atoms with E-state index < -0.39 is 0 Å². The van der Waals surface area contributed by atoms with Crippen molar-refractivity contribution in [3.05, 3.63) is 0 Å². The third kappa shape index (κ3) is 1.67. The summed E-state index contributed by atoms with van der Waals surface area (Å²) in [5.41, 5.74) is 0. The summed E-state index contributed by atoms with van der Waals surface area (Å²) >= 11 is 0. The van der Waals surface area contributed by atoms with Gasteiger partial charge in [0.25, 0.3) is 0 Å². The van der Waals surface area contributed by atoms with Crippen LogP contribution >= 0.6 is 10.0 Å². The highest BCUT2D eigenvalue weighted by Gasteiger charge is 2.13. The summed E-state index contributed by atoms with van der Waals surface area (Å²) in [6.07, 6.45) is 4.85. The monoisotopic (exact) mass is 133 g/mol. The molecule has 8 heavy (non-hydrogen) atoms. The molecule has 1 nitrogen and oxygen atoms in total. The van der Waals surface area contributed by atoms with Gasteiger partial charge < -0.3 is 5.32 Å². The molecule has 0 spiro atoms. The molecule has 1 saturated heterocycles. The third-order valence-electron chi connectivity index (χ3n) is 1.66. The van der Waals surface area contributed by atoms with E-state index in [2.05, 4.69) is 17.8 Å². The lowest BCUT2D eigenvalue weighted by Gasteiger charge is -2.35. The van der Waals surface area contributed by atoms with Gasteiger partial charge in [0.1, 0.15) is 0 Å². The van der Waals surface area contributed by atoms with E-state index in [4.69, 9.17) is 0 Å². The summed E-state index contributed by atoms with van der Waals surface area (Å²) in [6, 6.07) is 0. The molecule has 0 saturated carbocycles. The molecule has 1 rings (SSSR count). The Labute approximate surface area is 53.2 Å². The fourth-order valence-electron chi connectivity index (χ4n) is 0.924. The molecule has 2 heteroatoms. The van der Waals surface area contributed by atoms with Gasteiger partial charge in [0.2, 0.25) is 0 Å². The van der Waals surface area contributed by atoms with Gasteiger partial charge in [-0.3, -0.25) is 0 Å². The van der Waals surface area contributed by atoms with Crippen LogP contribution in [0.15, 0.2) is 0 Å². The molecule has 1 aliphatic rings. The molecular formula is C6H15NS. The van der Waals surface area contributed by atoms with Crippen molar-refractivity contribution in [3.8, 4) is 0 Å². The van der Waals surface area contributed by atoms with Gasteiger partial charge in [0.05, 0.1) is 0 Å². The maximum atomic E-state index is 3.36. The van der Waals surface area contributed by atoms with E-state index in [0.717, 1.165) is 0 Å². The Morgan fingerprint density at radius 1 is 1.12 bits per heavy atom. The first-order valence-electron chi connectivity index (χ1n) is 3.10. The first kappa shape index (κ1) is 6.43. The molecule has 1 aliphatic heterocycles. The van der Waals surface area contributed by atoms with Gasteiger partial charge >= 0.3 is 0 Å². The van der Waals surface area contributed by atoms with Crippen LogP contribution in [0.4, 0.5) is 0 Å². The minimum absolute atomic E-state index is 0.145.